The normalized spacial score (nSPS) is 11.2. The molecule has 116 valence electrons. The van der Waals surface area contributed by atoms with Crippen LogP contribution in [-0.2, 0) is 21.1 Å². The Balaban J connectivity index is 2.22. The minimum atomic E-state index is -3.37. The molecule has 0 spiro atoms. The van der Waals surface area contributed by atoms with E-state index >= 15 is 0 Å². The third kappa shape index (κ3) is 4.08. The average molecular weight is 338 g/mol. The molecule has 0 fully saturated rings. The van der Waals surface area contributed by atoms with Gasteiger partial charge in [0.15, 0.2) is 9.84 Å². The van der Waals surface area contributed by atoms with Crippen molar-refractivity contribution >= 4 is 33.0 Å². The van der Waals surface area contributed by atoms with Crippen LogP contribution < -0.4 is 5.32 Å². The van der Waals surface area contributed by atoms with Gasteiger partial charge in [-0.2, -0.15) is 0 Å². The van der Waals surface area contributed by atoms with Crippen LogP contribution in [-0.4, -0.2) is 20.6 Å². The van der Waals surface area contributed by atoms with Crippen molar-refractivity contribution in [2.45, 2.75) is 18.2 Å². The lowest BCUT2D eigenvalue weighted by molar-refractivity contribution is -0.115. The first-order valence-electron chi connectivity index (χ1n) is 6.61. The Labute approximate surface area is 135 Å². The molecule has 4 nitrogen and oxygen atoms in total. The van der Waals surface area contributed by atoms with Gasteiger partial charge in [-0.05, 0) is 36.2 Å². The Morgan fingerprint density at radius 2 is 1.86 bits per heavy atom. The summed E-state index contributed by atoms with van der Waals surface area (Å²) in [5.41, 5.74) is 1.98. The van der Waals surface area contributed by atoms with Crippen LogP contribution >= 0.6 is 11.6 Å². The van der Waals surface area contributed by atoms with E-state index in [9.17, 15) is 13.2 Å². The molecule has 0 aliphatic carbocycles. The summed E-state index contributed by atoms with van der Waals surface area (Å²) in [6, 6.07) is 11.7. The number of carbonyl (C=O) groups excluding carboxylic acids is 1. The Morgan fingerprint density at radius 1 is 1.18 bits per heavy atom. The number of halogens is 1. The standard InChI is InChI=1S/C16H16ClNO3S/c1-11-7-8-13(17)10-14(11)18-16(19)9-12-5-3-4-6-15(12)22(2,20)21/h3-8,10H,9H2,1-2H3,(H,18,19). The maximum Gasteiger partial charge on any atom is 0.228 e. The molecule has 1 N–H and O–H groups in total. The van der Waals surface area contributed by atoms with E-state index in [2.05, 4.69) is 5.32 Å². The van der Waals surface area contributed by atoms with Crippen LogP contribution in [0.5, 0.6) is 0 Å². The lowest BCUT2D eigenvalue weighted by atomic mass is 10.1. The highest BCUT2D eigenvalue weighted by Crippen LogP contribution is 2.21. The van der Waals surface area contributed by atoms with E-state index in [-0.39, 0.29) is 17.2 Å². The number of anilines is 1. The van der Waals surface area contributed by atoms with Crippen LogP contribution in [0.3, 0.4) is 0 Å². The number of amides is 1. The highest BCUT2D eigenvalue weighted by molar-refractivity contribution is 7.90. The molecule has 0 atom stereocenters. The van der Waals surface area contributed by atoms with Gasteiger partial charge in [0.1, 0.15) is 0 Å². The van der Waals surface area contributed by atoms with Gasteiger partial charge in [0.25, 0.3) is 0 Å². The molecule has 1 amide bonds. The summed E-state index contributed by atoms with van der Waals surface area (Å²) in [5.74, 6) is -0.290. The molecule has 0 aliphatic heterocycles. The van der Waals surface area contributed by atoms with E-state index < -0.39 is 9.84 Å². The van der Waals surface area contributed by atoms with Crippen LogP contribution in [0.4, 0.5) is 5.69 Å². The van der Waals surface area contributed by atoms with Crippen molar-refractivity contribution in [3.63, 3.8) is 0 Å². The second-order valence-electron chi connectivity index (χ2n) is 5.06. The molecule has 0 radical (unpaired) electrons. The van der Waals surface area contributed by atoms with Crippen LogP contribution in [0.1, 0.15) is 11.1 Å². The van der Waals surface area contributed by atoms with E-state index in [1.807, 2.05) is 13.0 Å². The van der Waals surface area contributed by atoms with Crippen molar-refractivity contribution in [2.24, 2.45) is 0 Å². The highest BCUT2D eigenvalue weighted by atomic mass is 35.5. The van der Waals surface area contributed by atoms with Crippen molar-refractivity contribution in [3.8, 4) is 0 Å². The molecule has 2 aromatic carbocycles. The Hall–Kier alpha value is -1.85. The number of aryl methyl sites for hydroxylation is 1. The Morgan fingerprint density at radius 3 is 2.55 bits per heavy atom. The second-order valence-corrected chi connectivity index (χ2v) is 7.48. The topological polar surface area (TPSA) is 63.2 Å². The van der Waals surface area contributed by atoms with Gasteiger partial charge in [0, 0.05) is 17.0 Å². The average Bonchev–Trinajstić information content (AvgIpc) is 2.42. The lowest BCUT2D eigenvalue weighted by Crippen LogP contribution is -2.17. The zero-order valence-electron chi connectivity index (χ0n) is 12.3. The summed E-state index contributed by atoms with van der Waals surface area (Å²) < 4.78 is 23.5. The summed E-state index contributed by atoms with van der Waals surface area (Å²) in [6.07, 6.45) is 1.11. The van der Waals surface area contributed by atoms with Crippen molar-refractivity contribution in [2.75, 3.05) is 11.6 Å². The zero-order chi connectivity index (χ0) is 16.3. The number of benzene rings is 2. The summed E-state index contributed by atoms with van der Waals surface area (Å²) in [7, 11) is -3.37. The summed E-state index contributed by atoms with van der Waals surface area (Å²) in [5, 5.41) is 3.29. The van der Waals surface area contributed by atoms with E-state index in [4.69, 9.17) is 11.6 Å². The van der Waals surface area contributed by atoms with Gasteiger partial charge in [-0.1, -0.05) is 35.9 Å². The molecule has 0 aromatic heterocycles. The van der Waals surface area contributed by atoms with Crippen LogP contribution in [0, 0.1) is 6.92 Å². The van der Waals surface area contributed by atoms with Crippen molar-refractivity contribution in [3.05, 3.63) is 58.6 Å². The minimum Gasteiger partial charge on any atom is -0.326 e. The van der Waals surface area contributed by atoms with Crippen molar-refractivity contribution in [1.82, 2.24) is 0 Å². The van der Waals surface area contributed by atoms with Gasteiger partial charge in [-0.25, -0.2) is 8.42 Å². The quantitative estimate of drug-likeness (QED) is 0.931. The predicted molar refractivity (Wildman–Crippen MR) is 88.1 cm³/mol. The van der Waals surface area contributed by atoms with E-state index in [1.54, 1.807) is 30.3 Å². The summed E-state index contributed by atoms with van der Waals surface area (Å²) in [6.45, 7) is 1.86. The largest absolute Gasteiger partial charge is 0.326 e. The Bertz CT molecular complexity index is 816. The van der Waals surface area contributed by atoms with E-state index in [1.165, 1.54) is 6.07 Å². The molecule has 0 bridgehead atoms. The number of carbonyl (C=O) groups is 1. The maximum atomic E-state index is 12.2. The second kappa shape index (κ2) is 6.50. The number of sulfone groups is 1. The van der Waals surface area contributed by atoms with E-state index in [0.717, 1.165) is 11.8 Å². The van der Waals surface area contributed by atoms with Crippen LogP contribution in [0.2, 0.25) is 5.02 Å². The highest BCUT2D eigenvalue weighted by Gasteiger charge is 2.15. The van der Waals surface area contributed by atoms with Crippen LogP contribution in [0.15, 0.2) is 47.4 Å². The monoisotopic (exact) mass is 337 g/mol. The zero-order valence-corrected chi connectivity index (χ0v) is 13.8. The first-order chi connectivity index (χ1) is 10.3. The molecule has 2 rings (SSSR count). The summed E-state index contributed by atoms with van der Waals surface area (Å²) >= 11 is 5.91. The fourth-order valence-corrected chi connectivity index (χ4v) is 3.22. The molecule has 0 aliphatic rings. The van der Waals surface area contributed by atoms with Gasteiger partial charge in [-0.3, -0.25) is 4.79 Å². The van der Waals surface area contributed by atoms with E-state index in [0.29, 0.717) is 16.3 Å². The molecule has 0 unspecified atom stereocenters. The molecule has 22 heavy (non-hydrogen) atoms. The smallest absolute Gasteiger partial charge is 0.228 e. The number of rotatable bonds is 4. The number of hydrogen-bond donors (Lipinski definition) is 1. The molecule has 0 saturated heterocycles. The maximum absolute atomic E-state index is 12.2. The molecule has 0 saturated carbocycles. The first-order valence-corrected chi connectivity index (χ1v) is 8.88. The molecule has 6 heteroatoms. The van der Waals surface area contributed by atoms with Gasteiger partial charge < -0.3 is 5.32 Å². The molecular weight excluding hydrogens is 322 g/mol. The van der Waals surface area contributed by atoms with Crippen molar-refractivity contribution in [1.29, 1.82) is 0 Å². The fraction of sp³-hybridized carbons (Fsp3) is 0.188. The predicted octanol–water partition coefficient (Wildman–Crippen LogP) is 3.23. The number of nitrogens with one attached hydrogen (secondary N) is 1. The van der Waals surface area contributed by atoms with Gasteiger partial charge in [-0.15, -0.1) is 0 Å². The van der Waals surface area contributed by atoms with Gasteiger partial charge in [0.05, 0.1) is 11.3 Å². The fourth-order valence-electron chi connectivity index (χ4n) is 2.11. The molecular formula is C16H16ClNO3S. The van der Waals surface area contributed by atoms with Crippen molar-refractivity contribution < 1.29 is 13.2 Å². The summed E-state index contributed by atoms with van der Waals surface area (Å²) in [4.78, 5) is 12.3. The third-order valence-corrected chi connectivity index (χ3v) is 4.63. The molecule has 0 heterocycles. The lowest BCUT2D eigenvalue weighted by Gasteiger charge is -2.10. The SMILES string of the molecule is Cc1ccc(Cl)cc1NC(=O)Cc1ccccc1S(C)(=O)=O. The third-order valence-electron chi connectivity index (χ3n) is 3.20. The first kappa shape index (κ1) is 16.5. The molecule has 2 aromatic rings. The van der Waals surface area contributed by atoms with Gasteiger partial charge in [0.2, 0.25) is 5.91 Å². The van der Waals surface area contributed by atoms with Crippen LogP contribution in [0.25, 0.3) is 0 Å². The Kier molecular flexibility index (Phi) is 4.88. The minimum absolute atomic E-state index is 0.0187. The number of hydrogen-bond acceptors (Lipinski definition) is 3. The van der Waals surface area contributed by atoms with Gasteiger partial charge >= 0.3 is 0 Å².